The van der Waals surface area contributed by atoms with Crippen LogP contribution < -0.4 is 5.73 Å². The zero-order valence-corrected chi connectivity index (χ0v) is 20.2. The van der Waals surface area contributed by atoms with Crippen LogP contribution in [0.25, 0.3) is 0 Å². The summed E-state index contributed by atoms with van der Waals surface area (Å²) in [5.41, 5.74) is 8.19. The fraction of sp³-hybridized carbons (Fsp3) is 0.214. The lowest BCUT2D eigenvalue weighted by molar-refractivity contribution is -0.147. The van der Waals surface area contributed by atoms with Crippen LogP contribution in [-0.2, 0) is 32.1 Å². The Morgan fingerprint density at radius 3 is 2.08 bits per heavy atom. The van der Waals surface area contributed by atoms with Crippen molar-refractivity contribution in [3.63, 3.8) is 0 Å². The highest BCUT2D eigenvalue weighted by molar-refractivity contribution is 5.85. The Balaban J connectivity index is 1.67. The molecule has 0 bridgehead atoms. The maximum atomic E-state index is 13.3. The molecule has 190 valence electrons. The molecule has 8 nitrogen and oxygen atoms in total. The van der Waals surface area contributed by atoms with Crippen molar-refractivity contribution >= 4 is 18.0 Å². The molecule has 9 heteroatoms. The molecular weight excluding hydrogens is 477 g/mol. The van der Waals surface area contributed by atoms with Crippen LogP contribution in [0.3, 0.4) is 0 Å². The van der Waals surface area contributed by atoms with Crippen molar-refractivity contribution in [2.45, 2.75) is 25.0 Å². The number of nitrogens with two attached hydrogens (primary N) is 1. The number of hydrogen-bond acceptors (Lipinski definition) is 6. The van der Waals surface area contributed by atoms with Gasteiger partial charge in [0.2, 0.25) is 5.91 Å². The molecule has 0 heterocycles. The van der Waals surface area contributed by atoms with E-state index < -0.39 is 42.4 Å². The average Bonchev–Trinajstić information content (AvgIpc) is 2.91. The van der Waals surface area contributed by atoms with E-state index in [9.17, 15) is 18.8 Å². The smallest absolute Gasteiger partial charge is 0.410 e. The summed E-state index contributed by atoms with van der Waals surface area (Å²) in [6, 6.07) is 22.1. The van der Waals surface area contributed by atoms with Gasteiger partial charge in [0.25, 0.3) is 0 Å². The summed E-state index contributed by atoms with van der Waals surface area (Å²) in [6.07, 6.45) is -0.566. The molecule has 3 rings (SSSR count). The summed E-state index contributed by atoms with van der Waals surface area (Å²) in [6.45, 7) is -0.518. The first kappa shape index (κ1) is 26.9. The van der Waals surface area contributed by atoms with Crippen LogP contribution in [0.2, 0.25) is 0 Å². The monoisotopic (exact) mass is 503 g/mol. The van der Waals surface area contributed by atoms with Crippen LogP contribution in [0.1, 0.15) is 28.2 Å². The van der Waals surface area contributed by atoms with E-state index >= 15 is 0 Å². The fourth-order valence-corrected chi connectivity index (χ4v) is 3.77. The Morgan fingerprint density at radius 1 is 0.919 bits per heavy atom. The topological polar surface area (TPSA) is 123 Å². The van der Waals surface area contributed by atoms with Crippen molar-refractivity contribution in [1.82, 2.24) is 4.90 Å². The van der Waals surface area contributed by atoms with Gasteiger partial charge < -0.3 is 15.2 Å². The van der Waals surface area contributed by atoms with E-state index in [2.05, 4.69) is 0 Å². The molecule has 37 heavy (non-hydrogen) atoms. The van der Waals surface area contributed by atoms with E-state index in [0.29, 0.717) is 16.7 Å². The Hall–Kier alpha value is -4.71. The standard InChI is InChI=1S/C28H26FN3O5/c1-32(24(27(34)36-16-15-30)17-19-5-3-2-4-6-19)28(35)37-18-20-7-9-21(10-8-20)25(26(31)33)22-11-13-23(29)14-12-22/h2-14,24-25H,16-18H2,1H3,(H2,31,33)/t24-,25?/m0/s1. The van der Waals surface area contributed by atoms with E-state index in [1.165, 1.54) is 31.3 Å². The summed E-state index contributed by atoms with van der Waals surface area (Å²) in [4.78, 5) is 38.5. The van der Waals surface area contributed by atoms with E-state index in [0.717, 1.165) is 10.5 Å². The van der Waals surface area contributed by atoms with Crippen LogP contribution in [-0.4, -0.2) is 42.6 Å². The number of nitriles is 1. The molecular formula is C28H26FN3O5. The molecule has 0 spiro atoms. The van der Waals surface area contributed by atoms with Crippen LogP contribution >= 0.6 is 0 Å². The Kier molecular flexibility index (Phi) is 9.33. The van der Waals surface area contributed by atoms with Gasteiger partial charge in [-0.15, -0.1) is 0 Å². The zero-order valence-electron chi connectivity index (χ0n) is 20.2. The van der Waals surface area contributed by atoms with Gasteiger partial charge in [-0.25, -0.2) is 14.0 Å². The lowest BCUT2D eigenvalue weighted by atomic mass is 9.90. The molecule has 2 atom stereocenters. The van der Waals surface area contributed by atoms with Gasteiger partial charge in [-0.3, -0.25) is 9.69 Å². The number of amides is 2. The largest absolute Gasteiger partial charge is 0.449 e. The number of nitrogens with zero attached hydrogens (tertiary/aromatic N) is 2. The van der Waals surface area contributed by atoms with Crippen LogP contribution in [0, 0.1) is 17.1 Å². The van der Waals surface area contributed by atoms with Gasteiger partial charge >= 0.3 is 12.1 Å². The quantitative estimate of drug-likeness (QED) is 0.421. The lowest BCUT2D eigenvalue weighted by Gasteiger charge is -2.25. The highest BCUT2D eigenvalue weighted by Crippen LogP contribution is 2.25. The minimum Gasteiger partial charge on any atom is -0.449 e. The zero-order chi connectivity index (χ0) is 26.8. The molecule has 0 aromatic heterocycles. The minimum atomic E-state index is -0.988. The van der Waals surface area contributed by atoms with Crippen molar-refractivity contribution in [3.8, 4) is 6.07 Å². The Morgan fingerprint density at radius 2 is 1.51 bits per heavy atom. The summed E-state index contributed by atoms with van der Waals surface area (Å²) in [5.74, 6) is -2.48. The molecule has 3 aromatic carbocycles. The summed E-state index contributed by atoms with van der Waals surface area (Å²) in [7, 11) is 1.42. The first-order valence-corrected chi connectivity index (χ1v) is 11.4. The SMILES string of the molecule is CN(C(=O)OCc1ccc(C(C(N)=O)c2ccc(F)cc2)cc1)[C@@H](Cc1ccccc1)C(=O)OCC#N. The number of benzene rings is 3. The molecule has 0 radical (unpaired) electrons. The highest BCUT2D eigenvalue weighted by Gasteiger charge is 2.30. The molecule has 0 saturated heterocycles. The normalized spacial score (nSPS) is 12.0. The fourth-order valence-electron chi connectivity index (χ4n) is 3.77. The second-order valence-electron chi connectivity index (χ2n) is 8.27. The van der Waals surface area contributed by atoms with Gasteiger partial charge in [0.05, 0.1) is 5.92 Å². The van der Waals surface area contributed by atoms with Gasteiger partial charge in [-0.1, -0.05) is 66.7 Å². The lowest BCUT2D eigenvalue weighted by Crippen LogP contribution is -2.45. The van der Waals surface area contributed by atoms with Gasteiger partial charge in [0.1, 0.15) is 24.5 Å². The van der Waals surface area contributed by atoms with Crippen molar-refractivity contribution in [1.29, 1.82) is 5.26 Å². The third kappa shape index (κ3) is 7.39. The number of halogens is 1. The predicted octanol–water partition coefficient (Wildman–Crippen LogP) is 3.69. The Labute approximate surface area is 214 Å². The summed E-state index contributed by atoms with van der Waals surface area (Å²) in [5, 5.41) is 8.73. The molecule has 0 saturated carbocycles. The number of carbonyl (C=O) groups excluding carboxylic acids is 3. The Bertz CT molecular complexity index is 1260. The molecule has 0 fully saturated rings. The molecule has 2 amide bonds. The number of hydrogen-bond donors (Lipinski definition) is 1. The number of rotatable bonds is 10. The molecule has 0 aliphatic rings. The van der Waals surface area contributed by atoms with Gasteiger partial charge in [0, 0.05) is 13.5 Å². The van der Waals surface area contributed by atoms with E-state index in [4.69, 9.17) is 20.5 Å². The maximum absolute atomic E-state index is 13.3. The van der Waals surface area contributed by atoms with Crippen molar-refractivity contribution in [3.05, 3.63) is 107 Å². The van der Waals surface area contributed by atoms with Crippen LogP contribution in [0.5, 0.6) is 0 Å². The number of ether oxygens (including phenoxy) is 2. The maximum Gasteiger partial charge on any atom is 0.410 e. The van der Waals surface area contributed by atoms with Crippen molar-refractivity contribution in [2.24, 2.45) is 5.73 Å². The molecule has 0 aliphatic carbocycles. The number of likely N-dealkylation sites (N-methyl/N-ethyl adjacent to an activating group) is 1. The van der Waals surface area contributed by atoms with Crippen LogP contribution in [0.4, 0.5) is 9.18 Å². The second-order valence-corrected chi connectivity index (χ2v) is 8.27. The van der Waals surface area contributed by atoms with E-state index in [1.807, 2.05) is 30.3 Å². The molecule has 3 aromatic rings. The van der Waals surface area contributed by atoms with Gasteiger partial charge in [-0.05, 0) is 34.4 Å². The van der Waals surface area contributed by atoms with E-state index in [1.54, 1.807) is 30.3 Å². The number of esters is 1. The first-order valence-electron chi connectivity index (χ1n) is 11.4. The number of carbonyl (C=O) groups is 3. The minimum absolute atomic E-state index is 0.0907. The molecule has 2 N–H and O–H groups in total. The molecule has 0 aliphatic heterocycles. The summed E-state index contributed by atoms with van der Waals surface area (Å²) < 4.78 is 23.6. The molecule has 1 unspecified atom stereocenters. The van der Waals surface area contributed by atoms with E-state index in [-0.39, 0.29) is 13.0 Å². The average molecular weight is 504 g/mol. The number of primary amides is 1. The van der Waals surface area contributed by atoms with Crippen LogP contribution in [0.15, 0.2) is 78.9 Å². The first-order chi connectivity index (χ1) is 17.8. The van der Waals surface area contributed by atoms with Gasteiger partial charge in [-0.2, -0.15) is 5.26 Å². The van der Waals surface area contributed by atoms with Gasteiger partial charge in [0.15, 0.2) is 6.61 Å². The van der Waals surface area contributed by atoms with Crippen molar-refractivity contribution < 1.29 is 28.2 Å². The second kappa shape index (κ2) is 12.8. The third-order valence-electron chi connectivity index (χ3n) is 5.74. The third-order valence-corrected chi connectivity index (χ3v) is 5.74. The summed E-state index contributed by atoms with van der Waals surface area (Å²) >= 11 is 0. The predicted molar refractivity (Wildman–Crippen MR) is 132 cm³/mol. The van der Waals surface area contributed by atoms with Crippen molar-refractivity contribution in [2.75, 3.05) is 13.7 Å². The highest BCUT2D eigenvalue weighted by atomic mass is 19.1.